The van der Waals surface area contributed by atoms with Crippen LogP contribution in [0.4, 0.5) is 0 Å². The maximum absolute atomic E-state index is 13.3. The summed E-state index contributed by atoms with van der Waals surface area (Å²) in [6.45, 7) is 4.32. The van der Waals surface area contributed by atoms with Crippen molar-refractivity contribution < 1.29 is 14.0 Å². The van der Waals surface area contributed by atoms with Gasteiger partial charge < -0.3 is 19.5 Å². The van der Waals surface area contributed by atoms with Gasteiger partial charge in [0.15, 0.2) is 5.76 Å². The molecule has 4 rings (SSSR count). The summed E-state index contributed by atoms with van der Waals surface area (Å²) in [5.41, 5.74) is 2.78. The number of hydrogen-bond acceptors (Lipinski definition) is 6. The summed E-state index contributed by atoms with van der Waals surface area (Å²) in [4.78, 5) is 28.9. The highest BCUT2D eigenvalue weighted by atomic mass is 16.3. The highest BCUT2D eigenvalue weighted by molar-refractivity contribution is 5.96. The van der Waals surface area contributed by atoms with Crippen LogP contribution < -0.4 is 5.32 Å². The van der Waals surface area contributed by atoms with E-state index in [1.165, 1.54) is 4.90 Å². The van der Waals surface area contributed by atoms with E-state index in [2.05, 4.69) is 21.7 Å². The lowest BCUT2D eigenvalue weighted by atomic mass is 9.99. The molecule has 9 nitrogen and oxygen atoms in total. The molecule has 2 amide bonds. The van der Waals surface area contributed by atoms with Gasteiger partial charge in [0, 0.05) is 38.8 Å². The average Bonchev–Trinajstić information content (AvgIpc) is 3.47. The van der Waals surface area contributed by atoms with Crippen molar-refractivity contribution in [1.29, 1.82) is 0 Å². The number of carbonyl (C=O) groups is 2. The molecule has 0 unspecified atom stereocenters. The summed E-state index contributed by atoms with van der Waals surface area (Å²) in [6, 6.07) is 7.28. The molecule has 1 aliphatic heterocycles. The molecule has 0 radical (unpaired) electrons. The topological polar surface area (TPSA) is 96.5 Å². The van der Waals surface area contributed by atoms with E-state index in [-0.39, 0.29) is 17.9 Å². The number of benzene rings is 1. The largest absolute Gasteiger partial charge is 0.451 e. The predicted octanol–water partition coefficient (Wildman–Crippen LogP) is 2.02. The van der Waals surface area contributed by atoms with E-state index in [1.807, 2.05) is 30.0 Å². The van der Waals surface area contributed by atoms with Crippen molar-refractivity contribution in [3.8, 4) is 0 Å². The van der Waals surface area contributed by atoms with Gasteiger partial charge in [0.05, 0.1) is 12.7 Å². The quantitative estimate of drug-likeness (QED) is 0.609. The van der Waals surface area contributed by atoms with Crippen LogP contribution in [0.5, 0.6) is 0 Å². The molecule has 1 N–H and O–H groups in total. The zero-order chi connectivity index (χ0) is 22.7. The number of carbonyl (C=O) groups excluding carboxylic acids is 2. The minimum absolute atomic E-state index is 0.0520. The highest BCUT2D eigenvalue weighted by Gasteiger charge is 2.27. The Morgan fingerprint density at radius 1 is 1.28 bits per heavy atom. The van der Waals surface area contributed by atoms with Crippen molar-refractivity contribution in [3.63, 3.8) is 0 Å². The van der Waals surface area contributed by atoms with Crippen molar-refractivity contribution in [2.75, 3.05) is 33.7 Å². The number of furan rings is 1. The highest BCUT2D eigenvalue weighted by Crippen LogP contribution is 2.27. The summed E-state index contributed by atoms with van der Waals surface area (Å²) >= 11 is 0. The van der Waals surface area contributed by atoms with Gasteiger partial charge in [-0.2, -0.15) is 0 Å². The monoisotopic (exact) mass is 436 g/mol. The van der Waals surface area contributed by atoms with Crippen LogP contribution in [0.1, 0.15) is 29.5 Å². The first-order valence-electron chi connectivity index (χ1n) is 10.8. The standard InChI is InChI=1S/C23H28N6O3/c1-4-24-19(15-29-11-9-25-26-29)22(30)28-10-5-6-17(14-28)16-7-8-20-18(12-16)13-21(32-20)23(31)27(2)3/h6-9,11-13,19,24H,4-5,10,14-15H2,1-3H3/t19-/m0/s1. The van der Waals surface area contributed by atoms with E-state index < -0.39 is 0 Å². The third-order valence-electron chi connectivity index (χ3n) is 5.56. The predicted molar refractivity (Wildman–Crippen MR) is 121 cm³/mol. The van der Waals surface area contributed by atoms with E-state index >= 15 is 0 Å². The lowest BCUT2D eigenvalue weighted by molar-refractivity contribution is -0.133. The van der Waals surface area contributed by atoms with Gasteiger partial charge >= 0.3 is 0 Å². The van der Waals surface area contributed by atoms with Gasteiger partial charge in [-0.1, -0.05) is 24.3 Å². The van der Waals surface area contributed by atoms with Gasteiger partial charge in [-0.3, -0.25) is 14.3 Å². The molecule has 9 heteroatoms. The summed E-state index contributed by atoms with van der Waals surface area (Å²) < 4.78 is 7.38. The van der Waals surface area contributed by atoms with E-state index in [0.717, 1.165) is 22.9 Å². The Morgan fingerprint density at radius 3 is 2.84 bits per heavy atom. The summed E-state index contributed by atoms with van der Waals surface area (Å²) in [5, 5.41) is 12.0. The first-order valence-corrected chi connectivity index (χ1v) is 10.8. The van der Waals surface area contributed by atoms with Gasteiger partial charge in [0.1, 0.15) is 11.6 Å². The van der Waals surface area contributed by atoms with Crippen molar-refractivity contribution >= 4 is 28.4 Å². The molecule has 0 saturated heterocycles. The van der Waals surface area contributed by atoms with Crippen LogP contribution in [-0.2, 0) is 11.3 Å². The van der Waals surface area contributed by atoms with Crippen LogP contribution in [0, 0.1) is 0 Å². The molecule has 3 aromatic rings. The minimum Gasteiger partial charge on any atom is -0.451 e. The van der Waals surface area contributed by atoms with Gasteiger partial charge in [-0.15, -0.1) is 5.10 Å². The van der Waals surface area contributed by atoms with Gasteiger partial charge in [0.25, 0.3) is 5.91 Å². The molecule has 0 aliphatic carbocycles. The minimum atomic E-state index is -0.364. The molecule has 168 valence electrons. The van der Waals surface area contributed by atoms with E-state index in [0.29, 0.717) is 37.5 Å². The Kier molecular flexibility index (Phi) is 6.36. The van der Waals surface area contributed by atoms with Crippen LogP contribution in [0.2, 0.25) is 0 Å². The summed E-state index contributed by atoms with van der Waals surface area (Å²) in [6.07, 6.45) is 6.33. The summed E-state index contributed by atoms with van der Waals surface area (Å²) in [5.74, 6) is 0.202. The van der Waals surface area contributed by atoms with Gasteiger partial charge in [-0.25, -0.2) is 0 Å². The second-order valence-electron chi connectivity index (χ2n) is 8.08. The van der Waals surface area contributed by atoms with E-state index in [1.54, 1.807) is 37.2 Å². The number of nitrogens with one attached hydrogen (secondary N) is 1. The molecule has 1 aromatic carbocycles. The third kappa shape index (κ3) is 4.57. The number of rotatable bonds is 7. The fourth-order valence-corrected chi connectivity index (χ4v) is 3.92. The van der Waals surface area contributed by atoms with Crippen LogP contribution >= 0.6 is 0 Å². The second kappa shape index (κ2) is 9.35. The zero-order valence-electron chi connectivity index (χ0n) is 18.6. The van der Waals surface area contributed by atoms with Crippen molar-refractivity contribution in [2.24, 2.45) is 0 Å². The fraction of sp³-hybridized carbons (Fsp3) is 0.391. The lowest BCUT2D eigenvalue weighted by Gasteiger charge is -2.31. The number of likely N-dealkylation sites (N-methyl/N-ethyl adjacent to an activating group) is 1. The van der Waals surface area contributed by atoms with E-state index in [4.69, 9.17) is 4.42 Å². The van der Waals surface area contributed by atoms with Gasteiger partial charge in [-0.05, 0) is 42.3 Å². The van der Waals surface area contributed by atoms with Crippen molar-refractivity contribution in [2.45, 2.75) is 25.9 Å². The summed E-state index contributed by atoms with van der Waals surface area (Å²) in [7, 11) is 3.39. The van der Waals surface area contributed by atoms with Crippen LogP contribution in [-0.4, -0.2) is 76.4 Å². The van der Waals surface area contributed by atoms with Crippen LogP contribution in [0.25, 0.3) is 16.5 Å². The smallest absolute Gasteiger partial charge is 0.289 e. The molecule has 2 aromatic heterocycles. The average molecular weight is 437 g/mol. The molecule has 0 bridgehead atoms. The van der Waals surface area contributed by atoms with Crippen molar-refractivity contribution in [1.82, 2.24) is 30.1 Å². The molecule has 3 heterocycles. The van der Waals surface area contributed by atoms with Gasteiger partial charge in [0.2, 0.25) is 5.91 Å². The van der Waals surface area contributed by atoms with Crippen molar-refractivity contribution in [3.05, 3.63) is 54.1 Å². The van der Waals surface area contributed by atoms with Crippen LogP contribution in [0.3, 0.4) is 0 Å². The molecule has 0 saturated carbocycles. The Labute approximate surface area is 186 Å². The Hall–Kier alpha value is -3.46. The molecule has 0 spiro atoms. The molecular formula is C23H28N6O3. The first kappa shape index (κ1) is 21.8. The molecule has 0 fully saturated rings. The normalized spacial score (nSPS) is 15.0. The van der Waals surface area contributed by atoms with Crippen LogP contribution in [0.15, 0.2) is 47.2 Å². The molecule has 32 heavy (non-hydrogen) atoms. The number of nitrogens with zero attached hydrogens (tertiary/aromatic N) is 5. The Bertz CT molecular complexity index is 1130. The Balaban J connectivity index is 1.51. The first-order chi connectivity index (χ1) is 15.5. The number of amides is 2. The zero-order valence-corrected chi connectivity index (χ0v) is 18.6. The Morgan fingerprint density at radius 2 is 2.12 bits per heavy atom. The second-order valence-corrected chi connectivity index (χ2v) is 8.08. The lowest BCUT2D eigenvalue weighted by Crippen LogP contribution is -2.50. The molecule has 1 aliphatic rings. The third-order valence-corrected chi connectivity index (χ3v) is 5.56. The molecular weight excluding hydrogens is 408 g/mol. The number of fused-ring (bicyclic) bond motifs is 1. The fourth-order valence-electron chi connectivity index (χ4n) is 3.92. The number of aromatic nitrogens is 3. The molecule has 1 atom stereocenters. The maximum Gasteiger partial charge on any atom is 0.289 e. The number of hydrogen-bond donors (Lipinski definition) is 1. The van der Waals surface area contributed by atoms with E-state index in [9.17, 15) is 9.59 Å². The maximum atomic E-state index is 13.3. The SMILES string of the molecule is CCN[C@@H](Cn1ccnn1)C(=O)N1CCC=C(c2ccc3oc(C(=O)N(C)C)cc3c2)C1.